The number of benzene rings is 1. The molecule has 0 spiro atoms. The highest BCUT2D eigenvalue weighted by Gasteiger charge is 2.12. The van der Waals surface area contributed by atoms with Crippen LogP contribution in [0.4, 0.5) is 0 Å². The monoisotopic (exact) mass is 350 g/mol. The molecule has 0 saturated heterocycles. The van der Waals surface area contributed by atoms with Crippen molar-refractivity contribution in [1.82, 2.24) is 20.3 Å². The molecule has 2 N–H and O–H groups in total. The van der Waals surface area contributed by atoms with Crippen molar-refractivity contribution in [2.45, 2.75) is 11.6 Å². The molecule has 0 radical (unpaired) electrons. The van der Waals surface area contributed by atoms with Crippen LogP contribution in [0, 0.1) is 0 Å². The molecule has 0 atom stereocenters. The third-order valence-corrected chi connectivity index (χ3v) is 4.37. The van der Waals surface area contributed by atoms with Crippen LogP contribution in [0.25, 0.3) is 6.08 Å². The lowest BCUT2D eigenvalue weighted by Crippen LogP contribution is -2.24. The Morgan fingerprint density at radius 1 is 1.12 bits per heavy atom. The highest BCUT2D eigenvalue weighted by atomic mass is 32.2. The van der Waals surface area contributed by atoms with Crippen LogP contribution in [-0.2, 0) is 6.54 Å². The molecule has 0 aliphatic rings. The predicted octanol–water partition coefficient (Wildman–Crippen LogP) is 3.54. The molecule has 1 amide bonds. The number of aromatic amines is 1. The van der Waals surface area contributed by atoms with Crippen molar-refractivity contribution in [3.05, 3.63) is 84.1 Å². The van der Waals surface area contributed by atoms with Gasteiger partial charge in [-0.2, -0.15) is 0 Å². The lowest BCUT2D eigenvalue weighted by molar-refractivity contribution is 0.0946. The second kappa shape index (κ2) is 8.84. The number of nitrogens with zero attached hydrogens (tertiary/aromatic N) is 2. The lowest BCUT2D eigenvalue weighted by Gasteiger charge is -2.07. The minimum Gasteiger partial charge on any atom is -0.347 e. The fourth-order valence-electron chi connectivity index (χ4n) is 2.21. The van der Waals surface area contributed by atoms with Gasteiger partial charge in [-0.1, -0.05) is 42.5 Å². The number of H-pyrrole nitrogens is 1. The predicted molar refractivity (Wildman–Crippen MR) is 100 cm³/mol. The summed E-state index contributed by atoms with van der Waals surface area (Å²) in [6.07, 6.45) is 9.22. The average Bonchev–Trinajstić information content (AvgIpc) is 3.18. The van der Waals surface area contributed by atoms with Gasteiger partial charge in [-0.3, -0.25) is 4.79 Å². The van der Waals surface area contributed by atoms with Crippen LogP contribution >= 0.6 is 11.8 Å². The summed E-state index contributed by atoms with van der Waals surface area (Å²) in [5.41, 5.74) is 1.73. The quantitative estimate of drug-likeness (QED) is 0.640. The summed E-state index contributed by atoms with van der Waals surface area (Å²) in [5.74, 6) is 1.31. The van der Waals surface area contributed by atoms with E-state index in [1.807, 2.05) is 18.2 Å². The van der Waals surface area contributed by atoms with Crippen LogP contribution in [0.3, 0.4) is 0 Å². The summed E-state index contributed by atoms with van der Waals surface area (Å²) in [6, 6.07) is 13.7. The molecule has 0 aliphatic heterocycles. The third-order valence-electron chi connectivity index (χ3n) is 3.41. The summed E-state index contributed by atoms with van der Waals surface area (Å²) in [7, 11) is 0. The standard InChI is InChI=1S/C19H18N4OS/c24-18(23-14-17-20-11-12-21-17)16-9-4-10-22-19(16)25-13-5-8-15-6-2-1-3-7-15/h1-12H,13-14H2,(H,20,21)(H,23,24). The van der Waals surface area contributed by atoms with Gasteiger partial charge in [0.25, 0.3) is 5.91 Å². The number of carbonyl (C=O) groups excluding carboxylic acids is 1. The number of pyridine rings is 1. The molecular weight excluding hydrogens is 332 g/mol. The lowest BCUT2D eigenvalue weighted by atomic mass is 10.2. The zero-order valence-corrected chi connectivity index (χ0v) is 14.4. The Morgan fingerprint density at radius 2 is 2.00 bits per heavy atom. The molecule has 0 saturated carbocycles. The molecule has 2 heterocycles. The Kier molecular flexibility index (Phi) is 6.01. The highest BCUT2D eigenvalue weighted by Crippen LogP contribution is 2.20. The summed E-state index contributed by atoms with van der Waals surface area (Å²) < 4.78 is 0. The van der Waals surface area contributed by atoms with Crippen LogP contribution in [-0.4, -0.2) is 26.6 Å². The summed E-state index contributed by atoms with van der Waals surface area (Å²) in [5, 5.41) is 3.57. The topological polar surface area (TPSA) is 70.7 Å². The van der Waals surface area contributed by atoms with Crippen molar-refractivity contribution in [2.75, 3.05) is 5.75 Å². The van der Waals surface area contributed by atoms with Crippen LogP contribution in [0.5, 0.6) is 0 Å². The maximum Gasteiger partial charge on any atom is 0.254 e. The average molecular weight is 350 g/mol. The van der Waals surface area contributed by atoms with Crippen molar-refractivity contribution in [2.24, 2.45) is 0 Å². The normalized spacial score (nSPS) is 10.9. The van der Waals surface area contributed by atoms with Crippen molar-refractivity contribution in [3.8, 4) is 0 Å². The molecule has 25 heavy (non-hydrogen) atoms. The Bertz CT molecular complexity index is 832. The Labute approximate surface area is 150 Å². The Hall–Kier alpha value is -2.86. The molecule has 2 aromatic heterocycles. The van der Waals surface area contributed by atoms with Gasteiger partial charge in [-0.25, -0.2) is 9.97 Å². The summed E-state index contributed by atoms with van der Waals surface area (Å²) in [6.45, 7) is 0.360. The number of aromatic nitrogens is 3. The van der Waals surface area contributed by atoms with Gasteiger partial charge in [0.2, 0.25) is 0 Å². The number of imidazole rings is 1. The van der Waals surface area contributed by atoms with Crippen molar-refractivity contribution in [3.63, 3.8) is 0 Å². The van der Waals surface area contributed by atoms with E-state index < -0.39 is 0 Å². The minimum atomic E-state index is -0.154. The molecule has 126 valence electrons. The SMILES string of the molecule is O=C(NCc1ncc[nH]1)c1cccnc1SCC=Cc1ccccc1. The first-order valence-corrected chi connectivity index (χ1v) is 8.87. The minimum absolute atomic E-state index is 0.154. The number of carbonyl (C=O) groups is 1. The van der Waals surface area contributed by atoms with Crippen molar-refractivity contribution in [1.29, 1.82) is 0 Å². The maximum atomic E-state index is 12.4. The number of nitrogens with one attached hydrogen (secondary N) is 2. The first kappa shape index (κ1) is 17.0. The molecule has 6 heteroatoms. The molecule has 1 aromatic carbocycles. The zero-order chi connectivity index (χ0) is 17.3. The summed E-state index contributed by atoms with van der Waals surface area (Å²) in [4.78, 5) is 23.8. The first-order chi connectivity index (χ1) is 12.3. The van der Waals surface area contributed by atoms with E-state index in [0.29, 0.717) is 12.1 Å². The van der Waals surface area contributed by atoms with Gasteiger partial charge in [0.1, 0.15) is 10.9 Å². The molecule has 0 unspecified atom stereocenters. The van der Waals surface area contributed by atoms with E-state index in [4.69, 9.17) is 0 Å². The third kappa shape index (κ3) is 5.06. The van der Waals surface area contributed by atoms with Gasteiger partial charge in [-0.05, 0) is 17.7 Å². The summed E-state index contributed by atoms with van der Waals surface area (Å²) >= 11 is 1.54. The van der Waals surface area contributed by atoms with E-state index in [1.54, 1.807) is 30.7 Å². The molecular formula is C19H18N4OS. The molecule has 3 rings (SSSR count). The van der Waals surface area contributed by atoms with Gasteiger partial charge in [0, 0.05) is 24.3 Å². The van der Waals surface area contributed by atoms with E-state index in [0.717, 1.165) is 22.2 Å². The number of amides is 1. The molecule has 5 nitrogen and oxygen atoms in total. The van der Waals surface area contributed by atoms with E-state index in [9.17, 15) is 4.79 Å². The molecule has 0 bridgehead atoms. The fourth-order valence-corrected chi connectivity index (χ4v) is 3.01. The van der Waals surface area contributed by atoms with Gasteiger partial charge in [0.15, 0.2) is 0 Å². The molecule has 3 aromatic rings. The highest BCUT2D eigenvalue weighted by molar-refractivity contribution is 7.99. The first-order valence-electron chi connectivity index (χ1n) is 7.89. The van der Waals surface area contributed by atoms with Gasteiger partial charge < -0.3 is 10.3 Å². The van der Waals surface area contributed by atoms with Gasteiger partial charge in [-0.15, -0.1) is 11.8 Å². The van der Waals surface area contributed by atoms with Crippen LogP contribution in [0.15, 0.2) is 72.2 Å². The van der Waals surface area contributed by atoms with Gasteiger partial charge >= 0.3 is 0 Å². The van der Waals surface area contributed by atoms with E-state index >= 15 is 0 Å². The second-order valence-electron chi connectivity index (χ2n) is 5.20. The number of rotatable bonds is 7. The van der Waals surface area contributed by atoms with E-state index in [-0.39, 0.29) is 5.91 Å². The van der Waals surface area contributed by atoms with Crippen molar-refractivity contribution >= 4 is 23.7 Å². The van der Waals surface area contributed by atoms with Crippen LogP contribution in [0.1, 0.15) is 21.7 Å². The molecule has 0 aliphatic carbocycles. The van der Waals surface area contributed by atoms with E-state index in [2.05, 4.69) is 44.6 Å². The Balaban J connectivity index is 1.58. The van der Waals surface area contributed by atoms with E-state index in [1.165, 1.54) is 11.8 Å². The fraction of sp³-hybridized carbons (Fsp3) is 0.105. The maximum absolute atomic E-state index is 12.4. The number of hydrogen-bond acceptors (Lipinski definition) is 4. The molecule has 0 fully saturated rings. The number of thioether (sulfide) groups is 1. The number of hydrogen-bond donors (Lipinski definition) is 2. The van der Waals surface area contributed by atoms with Crippen LogP contribution < -0.4 is 5.32 Å². The zero-order valence-electron chi connectivity index (χ0n) is 13.6. The smallest absolute Gasteiger partial charge is 0.254 e. The Morgan fingerprint density at radius 3 is 2.80 bits per heavy atom. The van der Waals surface area contributed by atoms with Gasteiger partial charge in [0.05, 0.1) is 12.1 Å². The largest absolute Gasteiger partial charge is 0.347 e. The van der Waals surface area contributed by atoms with Crippen LogP contribution in [0.2, 0.25) is 0 Å². The second-order valence-corrected chi connectivity index (χ2v) is 6.21. The van der Waals surface area contributed by atoms with Crippen molar-refractivity contribution < 1.29 is 4.79 Å².